The predicted octanol–water partition coefficient (Wildman–Crippen LogP) is 3.00. The second-order valence-corrected chi connectivity index (χ2v) is 4.71. The fourth-order valence-corrected chi connectivity index (χ4v) is 2.31. The highest BCUT2D eigenvalue weighted by Gasteiger charge is 2.06. The van der Waals surface area contributed by atoms with Gasteiger partial charge in [0.15, 0.2) is 0 Å². The summed E-state index contributed by atoms with van der Waals surface area (Å²) in [6, 6.07) is 9.85. The fraction of sp³-hybridized carbons (Fsp3) is 0.0769. The number of benzene rings is 1. The number of anilines is 1. The second-order valence-electron chi connectivity index (χ2n) is 3.63. The van der Waals surface area contributed by atoms with Crippen molar-refractivity contribution in [2.45, 2.75) is 16.7 Å². The van der Waals surface area contributed by atoms with Gasteiger partial charge < -0.3 is 5.73 Å². The van der Waals surface area contributed by atoms with Crippen molar-refractivity contribution in [3.63, 3.8) is 0 Å². The lowest BCUT2D eigenvalue weighted by molar-refractivity contribution is 1.26. The summed E-state index contributed by atoms with van der Waals surface area (Å²) >= 11 is 1.49. The lowest BCUT2D eigenvalue weighted by atomic mass is 10.2. The van der Waals surface area contributed by atoms with E-state index in [1.807, 2.05) is 31.2 Å². The van der Waals surface area contributed by atoms with Crippen LogP contribution in [0, 0.1) is 18.3 Å². The van der Waals surface area contributed by atoms with E-state index in [-0.39, 0.29) is 0 Å². The first-order valence-electron chi connectivity index (χ1n) is 5.09. The average Bonchev–Trinajstić information content (AvgIpc) is 2.34. The maximum atomic E-state index is 9.08. The van der Waals surface area contributed by atoms with E-state index in [4.69, 9.17) is 11.0 Å². The molecule has 2 rings (SSSR count). The number of hydrogen-bond acceptors (Lipinski definition) is 4. The summed E-state index contributed by atoms with van der Waals surface area (Å²) < 4.78 is 0. The first kappa shape index (κ1) is 11.5. The Kier molecular flexibility index (Phi) is 3.31. The number of nitrogens with two attached hydrogens (primary N) is 1. The van der Waals surface area contributed by atoms with Gasteiger partial charge in [-0.1, -0.05) is 17.8 Å². The first-order valence-corrected chi connectivity index (χ1v) is 5.90. The zero-order chi connectivity index (χ0) is 12.3. The smallest absolute Gasteiger partial charge is 0.100 e. The Morgan fingerprint density at radius 2 is 2.12 bits per heavy atom. The van der Waals surface area contributed by atoms with E-state index in [2.05, 4.69) is 11.1 Å². The number of pyridine rings is 1. The molecule has 0 fully saturated rings. The summed E-state index contributed by atoms with van der Waals surface area (Å²) in [4.78, 5) is 5.77. The van der Waals surface area contributed by atoms with Gasteiger partial charge >= 0.3 is 0 Å². The molecule has 0 saturated heterocycles. The normalized spacial score (nSPS) is 9.88. The van der Waals surface area contributed by atoms with Crippen molar-refractivity contribution in [3.8, 4) is 6.07 Å². The Balaban J connectivity index is 2.37. The van der Waals surface area contributed by atoms with Gasteiger partial charge in [0.25, 0.3) is 0 Å². The zero-order valence-corrected chi connectivity index (χ0v) is 10.2. The largest absolute Gasteiger partial charge is 0.397 e. The minimum atomic E-state index is 0.627. The van der Waals surface area contributed by atoms with E-state index in [1.165, 1.54) is 11.8 Å². The van der Waals surface area contributed by atoms with Crippen LogP contribution in [-0.2, 0) is 0 Å². The number of nitriles is 1. The molecular formula is C13H11N3S. The van der Waals surface area contributed by atoms with Crippen LogP contribution in [-0.4, -0.2) is 4.98 Å². The Morgan fingerprint density at radius 1 is 1.29 bits per heavy atom. The highest BCUT2D eigenvalue weighted by Crippen LogP contribution is 2.33. The molecule has 17 heavy (non-hydrogen) atoms. The lowest BCUT2D eigenvalue weighted by Gasteiger charge is -2.06. The summed E-state index contributed by atoms with van der Waals surface area (Å²) in [5.74, 6) is 0. The van der Waals surface area contributed by atoms with Crippen molar-refractivity contribution >= 4 is 17.4 Å². The molecule has 0 atom stereocenters. The second kappa shape index (κ2) is 4.89. The quantitative estimate of drug-likeness (QED) is 0.878. The van der Waals surface area contributed by atoms with E-state index in [0.29, 0.717) is 11.3 Å². The standard InChI is InChI=1S/C13H11N3S/c1-9-2-3-12(10(6-9)7-14)17-13-4-5-16-8-11(13)15/h2-6,8H,15H2,1H3. The van der Waals surface area contributed by atoms with E-state index < -0.39 is 0 Å². The van der Waals surface area contributed by atoms with Crippen LogP contribution >= 0.6 is 11.8 Å². The predicted molar refractivity (Wildman–Crippen MR) is 68.7 cm³/mol. The number of aryl methyl sites for hydroxylation is 1. The van der Waals surface area contributed by atoms with Gasteiger partial charge in [0, 0.05) is 16.0 Å². The van der Waals surface area contributed by atoms with E-state index in [9.17, 15) is 0 Å². The molecule has 1 heterocycles. The van der Waals surface area contributed by atoms with Gasteiger partial charge in [-0.05, 0) is 30.7 Å². The van der Waals surface area contributed by atoms with Crippen molar-refractivity contribution in [1.29, 1.82) is 5.26 Å². The summed E-state index contributed by atoms with van der Waals surface area (Å²) in [5, 5.41) is 9.08. The van der Waals surface area contributed by atoms with Crippen LogP contribution in [0.3, 0.4) is 0 Å². The van der Waals surface area contributed by atoms with E-state index in [0.717, 1.165) is 15.4 Å². The number of nitrogens with zero attached hydrogens (tertiary/aromatic N) is 2. The molecule has 0 aliphatic heterocycles. The van der Waals surface area contributed by atoms with Crippen LogP contribution in [0.2, 0.25) is 0 Å². The van der Waals surface area contributed by atoms with Crippen LogP contribution in [0.5, 0.6) is 0 Å². The number of nitrogen functional groups attached to an aromatic ring is 1. The first-order chi connectivity index (χ1) is 8.20. The number of rotatable bonds is 2. The molecule has 0 saturated carbocycles. The highest BCUT2D eigenvalue weighted by molar-refractivity contribution is 7.99. The van der Waals surface area contributed by atoms with Crippen molar-refractivity contribution in [2.24, 2.45) is 0 Å². The van der Waals surface area contributed by atoms with Gasteiger partial charge in [-0.2, -0.15) is 5.26 Å². The Labute approximate surface area is 104 Å². The summed E-state index contributed by atoms with van der Waals surface area (Å²) in [7, 11) is 0. The maximum absolute atomic E-state index is 9.08. The van der Waals surface area contributed by atoms with Gasteiger partial charge in [-0.15, -0.1) is 0 Å². The molecule has 1 aromatic carbocycles. The highest BCUT2D eigenvalue weighted by atomic mass is 32.2. The van der Waals surface area contributed by atoms with Crippen LogP contribution in [0.4, 0.5) is 5.69 Å². The van der Waals surface area contributed by atoms with Gasteiger partial charge in [-0.3, -0.25) is 4.98 Å². The van der Waals surface area contributed by atoms with Gasteiger partial charge in [0.1, 0.15) is 6.07 Å². The minimum Gasteiger partial charge on any atom is -0.397 e. The summed E-state index contributed by atoms with van der Waals surface area (Å²) in [6.45, 7) is 1.97. The number of aromatic nitrogens is 1. The molecule has 0 spiro atoms. The molecular weight excluding hydrogens is 230 g/mol. The Hall–Kier alpha value is -1.99. The third-order valence-electron chi connectivity index (χ3n) is 2.29. The summed E-state index contributed by atoms with van der Waals surface area (Å²) in [6.07, 6.45) is 3.31. The SMILES string of the molecule is Cc1ccc(Sc2ccncc2N)c(C#N)c1. The van der Waals surface area contributed by atoms with Crippen molar-refractivity contribution in [3.05, 3.63) is 47.8 Å². The van der Waals surface area contributed by atoms with Gasteiger partial charge in [-0.25, -0.2) is 0 Å². The third kappa shape index (κ3) is 2.58. The molecule has 0 amide bonds. The van der Waals surface area contributed by atoms with Crippen molar-refractivity contribution < 1.29 is 0 Å². The van der Waals surface area contributed by atoms with Crippen LogP contribution in [0.25, 0.3) is 0 Å². The molecule has 4 heteroatoms. The minimum absolute atomic E-state index is 0.627. The average molecular weight is 241 g/mol. The fourth-order valence-electron chi connectivity index (χ4n) is 1.43. The Bertz CT molecular complexity index is 587. The monoisotopic (exact) mass is 241 g/mol. The van der Waals surface area contributed by atoms with Crippen LogP contribution < -0.4 is 5.73 Å². The molecule has 1 aromatic heterocycles. The molecule has 0 aliphatic carbocycles. The number of hydrogen-bond donors (Lipinski definition) is 1. The third-order valence-corrected chi connectivity index (χ3v) is 3.45. The molecule has 0 radical (unpaired) electrons. The maximum Gasteiger partial charge on any atom is 0.100 e. The molecule has 3 nitrogen and oxygen atoms in total. The van der Waals surface area contributed by atoms with Crippen molar-refractivity contribution in [1.82, 2.24) is 4.98 Å². The Morgan fingerprint density at radius 3 is 2.82 bits per heavy atom. The van der Waals surface area contributed by atoms with Crippen molar-refractivity contribution in [2.75, 3.05) is 5.73 Å². The molecule has 0 bridgehead atoms. The van der Waals surface area contributed by atoms with Crippen LogP contribution in [0.15, 0.2) is 46.5 Å². The van der Waals surface area contributed by atoms with Gasteiger partial charge in [0.2, 0.25) is 0 Å². The zero-order valence-electron chi connectivity index (χ0n) is 9.34. The summed E-state index contributed by atoms with van der Waals surface area (Å²) in [5.41, 5.74) is 8.20. The van der Waals surface area contributed by atoms with Gasteiger partial charge in [0.05, 0.1) is 17.4 Å². The van der Waals surface area contributed by atoms with Crippen LogP contribution in [0.1, 0.15) is 11.1 Å². The molecule has 2 aromatic rings. The molecule has 2 N–H and O–H groups in total. The van der Waals surface area contributed by atoms with E-state index in [1.54, 1.807) is 12.4 Å². The molecule has 84 valence electrons. The topological polar surface area (TPSA) is 62.7 Å². The molecule has 0 aliphatic rings. The van der Waals surface area contributed by atoms with E-state index >= 15 is 0 Å². The molecule has 0 unspecified atom stereocenters. The lowest BCUT2D eigenvalue weighted by Crippen LogP contribution is -1.90.